The van der Waals surface area contributed by atoms with E-state index >= 15 is 0 Å². The first-order valence-electron chi connectivity index (χ1n) is 20.2. The van der Waals surface area contributed by atoms with E-state index < -0.39 is 0 Å². The molecule has 0 spiro atoms. The molecule has 12 rings (SSSR count). The number of benzene rings is 9. The van der Waals surface area contributed by atoms with Crippen molar-refractivity contribution in [3.8, 4) is 33.9 Å². The molecule has 0 saturated heterocycles. The van der Waals surface area contributed by atoms with Gasteiger partial charge in [0.25, 0.3) is 0 Å². The molecule has 0 saturated carbocycles. The van der Waals surface area contributed by atoms with Crippen LogP contribution in [0.3, 0.4) is 0 Å². The number of aromatic nitrogens is 3. The first kappa shape index (κ1) is 33.9. The maximum atomic E-state index is 6.42. The average molecular weight is 774 g/mol. The van der Waals surface area contributed by atoms with Crippen molar-refractivity contribution >= 4 is 85.8 Å². The molecular formula is C54H35N3OS. The third-order valence-electron chi connectivity index (χ3n) is 11.9. The number of aryl methyl sites for hydroxylation is 2. The fourth-order valence-electron chi connectivity index (χ4n) is 9.10. The topological polar surface area (TPSA) is 51.8 Å². The maximum Gasteiger partial charge on any atom is 0.167 e. The highest BCUT2D eigenvalue weighted by Crippen LogP contribution is 2.41. The highest BCUT2D eigenvalue weighted by molar-refractivity contribution is 7.25. The van der Waals surface area contributed by atoms with Crippen LogP contribution in [0.4, 0.5) is 0 Å². The molecule has 278 valence electrons. The second kappa shape index (κ2) is 13.7. The quantitative estimate of drug-likeness (QED) is 0.151. The Balaban J connectivity index is 0.904. The Labute approximate surface area is 344 Å². The third kappa shape index (κ3) is 5.69. The fourth-order valence-corrected chi connectivity index (χ4v) is 10.2. The second-order valence-electron chi connectivity index (χ2n) is 15.4. The molecule has 0 atom stereocenters. The molecule has 59 heavy (non-hydrogen) atoms. The van der Waals surface area contributed by atoms with Crippen LogP contribution >= 0.6 is 11.3 Å². The molecule has 0 aliphatic heterocycles. The normalized spacial score (nSPS) is 11.9. The van der Waals surface area contributed by atoms with Crippen LogP contribution in [-0.4, -0.2) is 15.0 Å². The van der Waals surface area contributed by atoms with Crippen LogP contribution in [0.1, 0.15) is 17.8 Å². The summed E-state index contributed by atoms with van der Waals surface area (Å²) in [5.74, 6) is 2.09. The number of nitrogens with zero attached hydrogens (tertiary/aromatic N) is 3. The van der Waals surface area contributed by atoms with Crippen molar-refractivity contribution in [1.29, 1.82) is 0 Å². The molecule has 0 N–H and O–H groups in total. The van der Waals surface area contributed by atoms with E-state index in [2.05, 4.69) is 140 Å². The van der Waals surface area contributed by atoms with Gasteiger partial charge in [0, 0.05) is 42.9 Å². The van der Waals surface area contributed by atoms with E-state index in [4.69, 9.17) is 19.4 Å². The standard InChI is InChI=1S/C54H35N3OS/c1-2-13-34(14-3-1)53-55-50(56-54(57-53)44-23-12-22-43-42-21-8-9-24-47(42)58-52(43)44)26-11-16-33-15-10-25-49-51(33)46-32-36(28-30-48(46)59-49)35-27-29-41-39-19-5-4-17-37(39)38-18-6-7-20-40(38)45(41)31-35/h1-10,12-15,17-25,27-32H,11,16,26H2. The lowest BCUT2D eigenvalue weighted by molar-refractivity contribution is 0.669. The van der Waals surface area contributed by atoms with Gasteiger partial charge in [0.2, 0.25) is 0 Å². The van der Waals surface area contributed by atoms with E-state index in [1.807, 2.05) is 47.7 Å². The summed E-state index contributed by atoms with van der Waals surface area (Å²) < 4.78 is 9.05. The summed E-state index contributed by atoms with van der Waals surface area (Å²) in [5, 5.41) is 12.6. The Morgan fingerprint density at radius 1 is 0.407 bits per heavy atom. The Bertz CT molecular complexity index is 3570. The molecule has 9 aromatic carbocycles. The maximum absolute atomic E-state index is 6.42. The molecule has 0 amide bonds. The van der Waals surface area contributed by atoms with Gasteiger partial charge in [-0.3, -0.25) is 0 Å². The van der Waals surface area contributed by atoms with Gasteiger partial charge in [0.1, 0.15) is 17.0 Å². The minimum Gasteiger partial charge on any atom is -0.455 e. The van der Waals surface area contributed by atoms with Crippen molar-refractivity contribution in [1.82, 2.24) is 15.0 Å². The van der Waals surface area contributed by atoms with Gasteiger partial charge < -0.3 is 4.42 Å². The lowest BCUT2D eigenvalue weighted by Gasteiger charge is -2.12. The van der Waals surface area contributed by atoms with Crippen molar-refractivity contribution < 1.29 is 4.42 Å². The highest BCUT2D eigenvalue weighted by Gasteiger charge is 2.18. The zero-order valence-electron chi connectivity index (χ0n) is 32.0. The average Bonchev–Trinajstić information content (AvgIpc) is 3.88. The molecule has 0 radical (unpaired) electrons. The smallest absolute Gasteiger partial charge is 0.167 e. The molecule has 5 heteroatoms. The number of furan rings is 1. The van der Waals surface area contributed by atoms with E-state index in [1.165, 1.54) is 69.2 Å². The third-order valence-corrected chi connectivity index (χ3v) is 13.0. The van der Waals surface area contributed by atoms with Gasteiger partial charge in [-0.05, 0) is 98.2 Å². The molecule has 4 nitrogen and oxygen atoms in total. The Kier molecular flexibility index (Phi) is 7.88. The predicted octanol–water partition coefficient (Wildman–Crippen LogP) is 14.8. The number of hydrogen-bond acceptors (Lipinski definition) is 5. The summed E-state index contributed by atoms with van der Waals surface area (Å²) in [6.45, 7) is 0. The number of thiophene rings is 1. The van der Waals surface area contributed by atoms with Crippen LogP contribution < -0.4 is 0 Å². The van der Waals surface area contributed by atoms with Gasteiger partial charge in [-0.1, -0.05) is 140 Å². The van der Waals surface area contributed by atoms with Crippen molar-refractivity contribution in [3.63, 3.8) is 0 Å². The summed E-state index contributed by atoms with van der Waals surface area (Å²) in [4.78, 5) is 15.2. The molecule has 0 aliphatic carbocycles. The Morgan fingerprint density at radius 3 is 1.83 bits per heavy atom. The number of hydrogen-bond donors (Lipinski definition) is 0. The van der Waals surface area contributed by atoms with Crippen molar-refractivity contribution in [2.24, 2.45) is 0 Å². The monoisotopic (exact) mass is 773 g/mol. The van der Waals surface area contributed by atoms with E-state index in [0.29, 0.717) is 11.6 Å². The molecule has 0 unspecified atom stereocenters. The summed E-state index contributed by atoms with van der Waals surface area (Å²) >= 11 is 1.87. The van der Waals surface area contributed by atoms with Crippen molar-refractivity contribution in [2.75, 3.05) is 0 Å². The molecule has 3 heterocycles. The summed E-state index contributed by atoms with van der Waals surface area (Å²) in [5.41, 5.74) is 7.31. The van der Waals surface area contributed by atoms with Gasteiger partial charge in [0.15, 0.2) is 11.6 Å². The minimum absolute atomic E-state index is 0.631. The molecule has 0 fully saturated rings. The predicted molar refractivity (Wildman–Crippen MR) is 247 cm³/mol. The van der Waals surface area contributed by atoms with Crippen LogP contribution in [0.15, 0.2) is 180 Å². The van der Waals surface area contributed by atoms with Crippen LogP contribution in [0.25, 0.3) is 108 Å². The summed E-state index contributed by atoms with van der Waals surface area (Å²) in [6.07, 6.45) is 2.52. The van der Waals surface area contributed by atoms with E-state index in [1.54, 1.807) is 0 Å². The molecule has 3 aromatic heterocycles. The van der Waals surface area contributed by atoms with Crippen LogP contribution in [0, 0.1) is 0 Å². The zero-order valence-corrected chi connectivity index (χ0v) is 32.8. The van der Waals surface area contributed by atoms with Crippen molar-refractivity contribution in [2.45, 2.75) is 19.3 Å². The SMILES string of the molecule is c1ccc(-c2nc(CCCc3cccc4sc5ccc(-c6ccc7c8ccccc8c8ccccc8c7c6)cc5c34)nc(-c3cccc4c3oc3ccccc34)n2)cc1. The first-order valence-corrected chi connectivity index (χ1v) is 21.0. The molecular weight excluding hydrogens is 739 g/mol. The molecule has 0 bridgehead atoms. The van der Waals surface area contributed by atoms with Gasteiger partial charge in [-0.25, -0.2) is 15.0 Å². The van der Waals surface area contributed by atoms with Crippen LogP contribution in [0.5, 0.6) is 0 Å². The van der Waals surface area contributed by atoms with Crippen LogP contribution in [-0.2, 0) is 12.8 Å². The molecule has 0 aliphatic rings. The lowest BCUT2D eigenvalue weighted by Crippen LogP contribution is -2.04. The second-order valence-corrected chi connectivity index (χ2v) is 16.4. The Morgan fingerprint density at radius 2 is 1.03 bits per heavy atom. The highest BCUT2D eigenvalue weighted by atomic mass is 32.1. The summed E-state index contributed by atoms with van der Waals surface area (Å²) in [7, 11) is 0. The number of fused-ring (bicyclic) bond motifs is 12. The van der Waals surface area contributed by atoms with Crippen molar-refractivity contribution in [3.05, 3.63) is 187 Å². The van der Waals surface area contributed by atoms with Crippen LogP contribution in [0.2, 0.25) is 0 Å². The van der Waals surface area contributed by atoms with Gasteiger partial charge in [-0.2, -0.15) is 0 Å². The lowest BCUT2D eigenvalue weighted by atomic mass is 9.91. The largest absolute Gasteiger partial charge is 0.455 e. The first-order chi connectivity index (χ1) is 29.2. The zero-order chi connectivity index (χ0) is 38.9. The number of para-hydroxylation sites is 2. The van der Waals surface area contributed by atoms with Gasteiger partial charge in [0.05, 0.1) is 5.56 Å². The van der Waals surface area contributed by atoms with E-state index in [9.17, 15) is 0 Å². The van der Waals surface area contributed by atoms with E-state index in [0.717, 1.165) is 58.2 Å². The minimum atomic E-state index is 0.631. The Hall–Kier alpha value is -7.21. The molecule has 12 aromatic rings. The fraction of sp³-hybridized carbons (Fsp3) is 0.0556. The van der Waals surface area contributed by atoms with Gasteiger partial charge in [-0.15, -0.1) is 11.3 Å². The van der Waals surface area contributed by atoms with E-state index in [-0.39, 0.29) is 0 Å². The summed E-state index contributed by atoms with van der Waals surface area (Å²) in [6, 6.07) is 62.9. The van der Waals surface area contributed by atoms with Gasteiger partial charge >= 0.3 is 0 Å². The number of rotatable bonds is 7.